The first-order chi connectivity index (χ1) is 14.3. The number of halogens is 3. The normalized spacial score (nSPS) is 41.0. The average Bonchev–Trinajstić information content (AvgIpc) is 3.17. The van der Waals surface area contributed by atoms with Gasteiger partial charge in [-0.15, -0.1) is 0 Å². The number of hydrazine groups is 1. The Balaban J connectivity index is 1.46. The standard InChI is InChI=1S/C21H36F3N5O/c1-3-18(30)29-11-8-15-17(12-29)25-20(26-19(15)16-9-10-28(2)27-16)13-4-6-14(7-5-13)21(22,23)24/h13-17,19-20,25-27H,3-12H2,1-2H3. The second kappa shape index (κ2) is 8.92. The molecule has 30 heavy (non-hydrogen) atoms. The van der Waals surface area contributed by atoms with Crippen molar-refractivity contribution in [2.24, 2.45) is 17.8 Å². The Morgan fingerprint density at radius 3 is 2.33 bits per heavy atom. The van der Waals surface area contributed by atoms with Crippen LogP contribution in [0.4, 0.5) is 13.2 Å². The van der Waals surface area contributed by atoms with Crippen LogP contribution in [-0.4, -0.2) is 73.0 Å². The maximum Gasteiger partial charge on any atom is 0.391 e. The summed E-state index contributed by atoms with van der Waals surface area (Å²) in [7, 11) is 2.05. The second-order valence-electron chi connectivity index (χ2n) is 9.69. The van der Waals surface area contributed by atoms with Gasteiger partial charge >= 0.3 is 6.18 Å². The number of alkyl halides is 3. The minimum absolute atomic E-state index is 0.00909. The van der Waals surface area contributed by atoms with Gasteiger partial charge < -0.3 is 4.90 Å². The number of rotatable bonds is 3. The largest absolute Gasteiger partial charge is 0.391 e. The highest BCUT2D eigenvalue weighted by atomic mass is 19.4. The van der Waals surface area contributed by atoms with E-state index in [0.717, 1.165) is 25.9 Å². The smallest absolute Gasteiger partial charge is 0.341 e. The lowest BCUT2D eigenvalue weighted by atomic mass is 9.75. The van der Waals surface area contributed by atoms with Gasteiger partial charge in [0.15, 0.2) is 0 Å². The molecular formula is C21H36F3N5O. The molecule has 4 aliphatic rings. The van der Waals surface area contributed by atoms with E-state index in [1.165, 1.54) is 0 Å². The Morgan fingerprint density at radius 1 is 1.00 bits per heavy atom. The summed E-state index contributed by atoms with van der Waals surface area (Å²) >= 11 is 0. The van der Waals surface area contributed by atoms with E-state index in [4.69, 9.17) is 0 Å². The van der Waals surface area contributed by atoms with Gasteiger partial charge in [0.05, 0.1) is 12.1 Å². The minimum Gasteiger partial charge on any atom is -0.341 e. The molecule has 3 N–H and O–H groups in total. The van der Waals surface area contributed by atoms with Gasteiger partial charge in [0.1, 0.15) is 0 Å². The second-order valence-corrected chi connectivity index (χ2v) is 9.69. The third-order valence-electron chi connectivity index (χ3n) is 7.85. The van der Waals surface area contributed by atoms with E-state index in [1.807, 2.05) is 11.8 Å². The van der Waals surface area contributed by atoms with Crippen molar-refractivity contribution in [3.05, 3.63) is 0 Å². The van der Waals surface area contributed by atoms with E-state index < -0.39 is 12.1 Å². The van der Waals surface area contributed by atoms with E-state index in [0.29, 0.717) is 37.8 Å². The zero-order chi connectivity index (χ0) is 21.5. The molecule has 3 heterocycles. The molecule has 5 unspecified atom stereocenters. The SMILES string of the molecule is CCC(=O)N1CCC2C(C1)NC(C1CCC(C(F)(F)F)CC1)NC2C1CCN(C)N1. The number of carbonyl (C=O) groups is 1. The number of fused-ring (bicyclic) bond motifs is 1. The number of hydrogen-bond donors (Lipinski definition) is 3. The highest BCUT2D eigenvalue weighted by Gasteiger charge is 2.48. The number of carbonyl (C=O) groups excluding carboxylic acids is 1. The van der Waals surface area contributed by atoms with Crippen molar-refractivity contribution in [3.63, 3.8) is 0 Å². The summed E-state index contributed by atoms with van der Waals surface area (Å²) in [5.74, 6) is -0.356. The Kier molecular flexibility index (Phi) is 6.63. The predicted octanol–water partition coefficient (Wildman–Crippen LogP) is 2.08. The molecule has 172 valence electrons. The molecule has 4 rings (SSSR count). The maximum absolute atomic E-state index is 13.1. The number of nitrogens with one attached hydrogen (secondary N) is 3. The Labute approximate surface area is 177 Å². The molecule has 3 aliphatic heterocycles. The molecule has 0 aromatic rings. The van der Waals surface area contributed by atoms with Crippen molar-refractivity contribution < 1.29 is 18.0 Å². The van der Waals surface area contributed by atoms with Gasteiger partial charge in [0, 0.05) is 51.2 Å². The van der Waals surface area contributed by atoms with Crippen LogP contribution >= 0.6 is 0 Å². The zero-order valence-electron chi connectivity index (χ0n) is 18.0. The third-order valence-corrected chi connectivity index (χ3v) is 7.85. The molecule has 9 heteroatoms. The van der Waals surface area contributed by atoms with E-state index in [2.05, 4.69) is 28.1 Å². The lowest BCUT2D eigenvalue weighted by molar-refractivity contribution is -0.185. The number of amides is 1. The highest BCUT2D eigenvalue weighted by Crippen LogP contribution is 2.41. The lowest BCUT2D eigenvalue weighted by Gasteiger charge is -2.52. The van der Waals surface area contributed by atoms with Crippen molar-refractivity contribution in [2.75, 3.05) is 26.7 Å². The van der Waals surface area contributed by atoms with Crippen LogP contribution in [0.5, 0.6) is 0 Å². The molecule has 0 aromatic carbocycles. The van der Waals surface area contributed by atoms with Crippen LogP contribution < -0.4 is 16.1 Å². The molecule has 4 fully saturated rings. The van der Waals surface area contributed by atoms with Gasteiger partial charge in [0.2, 0.25) is 5.91 Å². The first-order valence-corrected chi connectivity index (χ1v) is 11.6. The molecule has 0 bridgehead atoms. The Morgan fingerprint density at radius 2 is 1.73 bits per heavy atom. The molecule has 5 atom stereocenters. The fraction of sp³-hybridized carbons (Fsp3) is 0.952. The van der Waals surface area contributed by atoms with Crippen molar-refractivity contribution in [2.45, 2.75) is 82.3 Å². The van der Waals surface area contributed by atoms with Crippen LogP contribution in [0.3, 0.4) is 0 Å². The number of hydrogen-bond acceptors (Lipinski definition) is 5. The lowest BCUT2D eigenvalue weighted by Crippen LogP contribution is -2.73. The van der Waals surface area contributed by atoms with Gasteiger partial charge in [-0.05, 0) is 50.4 Å². The summed E-state index contributed by atoms with van der Waals surface area (Å²) < 4.78 is 39.3. The number of likely N-dealkylation sites (tertiary alicyclic amines) is 1. The average molecular weight is 432 g/mol. The van der Waals surface area contributed by atoms with E-state index in [-0.39, 0.29) is 42.9 Å². The van der Waals surface area contributed by atoms with Crippen molar-refractivity contribution in [1.29, 1.82) is 0 Å². The predicted molar refractivity (Wildman–Crippen MR) is 108 cm³/mol. The highest BCUT2D eigenvalue weighted by molar-refractivity contribution is 5.76. The van der Waals surface area contributed by atoms with Crippen LogP contribution in [0.15, 0.2) is 0 Å². The molecular weight excluding hydrogens is 395 g/mol. The summed E-state index contributed by atoms with van der Waals surface area (Å²) in [5, 5.41) is 9.66. The molecule has 3 saturated heterocycles. The minimum atomic E-state index is -4.07. The summed E-state index contributed by atoms with van der Waals surface area (Å²) in [6.07, 6.45) is 0.0836. The fourth-order valence-corrected chi connectivity index (χ4v) is 6.11. The molecule has 0 radical (unpaired) electrons. The number of piperidine rings is 1. The summed E-state index contributed by atoms with van der Waals surface area (Å²) in [4.78, 5) is 14.3. The topological polar surface area (TPSA) is 59.6 Å². The monoisotopic (exact) mass is 431 g/mol. The first-order valence-electron chi connectivity index (χ1n) is 11.6. The van der Waals surface area contributed by atoms with Crippen LogP contribution in [0, 0.1) is 17.8 Å². The van der Waals surface area contributed by atoms with Crippen LogP contribution in [-0.2, 0) is 4.79 Å². The molecule has 1 amide bonds. The van der Waals surface area contributed by atoms with Crippen molar-refractivity contribution in [1.82, 2.24) is 26.0 Å². The molecule has 1 saturated carbocycles. The molecule has 6 nitrogen and oxygen atoms in total. The van der Waals surface area contributed by atoms with Crippen LogP contribution in [0.25, 0.3) is 0 Å². The number of nitrogens with zero attached hydrogens (tertiary/aromatic N) is 2. The van der Waals surface area contributed by atoms with E-state index >= 15 is 0 Å². The first kappa shape index (κ1) is 22.3. The maximum atomic E-state index is 13.1. The van der Waals surface area contributed by atoms with E-state index in [1.54, 1.807) is 0 Å². The zero-order valence-corrected chi connectivity index (χ0v) is 18.0. The van der Waals surface area contributed by atoms with Crippen molar-refractivity contribution >= 4 is 5.91 Å². The molecule has 0 spiro atoms. The molecule has 1 aliphatic carbocycles. The van der Waals surface area contributed by atoms with Gasteiger partial charge in [-0.3, -0.25) is 20.9 Å². The van der Waals surface area contributed by atoms with E-state index in [9.17, 15) is 18.0 Å². The van der Waals surface area contributed by atoms with Gasteiger partial charge in [0.25, 0.3) is 0 Å². The van der Waals surface area contributed by atoms with Crippen LogP contribution in [0.2, 0.25) is 0 Å². The van der Waals surface area contributed by atoms with Gasteiger partial charge in [-0.25, -0.2) is 5.01 Å². The van der Waals surface area contributed by atoms with Gasteiger partial charge in [-0.2, -0.15) is 13.2 Å². The van der Waals surface area contributed by atoms with Crippen LogP contribution in [0.1, 0.15) is 51.9 Å². The summed E-state index contributed by atoms with van der Waals surface area (Å²) in [6, 6.07) is 0.788. The third kappa shape index (κ3) is 4.64. The fourth-order valence-electron chi connectivity index (χ4n) is 6.11. The van der Waals surface area contributed by atoms with Gasteiger partial charge in [-0.1, -0.05) is 6.92 Å². The quantitative estimate of drug-likeness (QED) is 0.639. The van der Waals surface area contributed by atoms with Crippen molar-refractivity contribution in [3.8, 4) is 0 Å². The summed E-state index contributed by atoms with van der Waals surface area (Å²) in [5.41, 5.74) is 3.57. The summed E-state index contributed by atoms with van der Waals surface area (Å²) in [6.45, 7) is 4.38. The Bertz CT molecular complexity index is 610. The molecule has 0 aromatic heterocycles. The Hall–Kier alpha value is -0.900.